The number of hydrogen-bond acceptors (Lipinski definition) is 2. The van der Waals surface area contributed by atoms with E-state index in [0.29, 0.717) is 0 Å². The van der Waals surface area contributed by atoms with E-state index in [9.17, 15) is 18.0 Å². The van der Waals surface area contributed by atoms with Crippen molar-refractivity contribution in [3.05, 3.63) is 0 Å². The van der Waals surface area contributed by atoms with Crippen LogP contribution in [0.1, 0.15) is 47.5 Å². The topological polar surface area (TPSA) is 38.3 Å². The average molecular weight is 269 g/mol. The van der Waals surface area contributed by atoms with E-state index < -0.39 is 23.3 Å². The highest BCUT2D eigenvalue weighted by atomic mass is 19.4. The number of halogens is 3. The Bertz CT molecular complexity index is 280. The Morgan fingerprint density at radius 2 is 1.61 bits per heavy atom. The van der Waals surface area contributed by atoms with E-state index in [1.165, 1.54) is 0 Å². The summed E-state index contributed by atoms with van der Waals surface area (Å²) in [7, 11) is 0. The fourth-order valence-corrected chi connectivity index (χ4v) is 1.18. The quantitative estimate of drug-likeness (QED) is 0.786. The fraction of sp³-hybridized carbons (Fsp3) is 0.917. The minimum Gasteiger partial charge on any atom is -0.444 e. The van der Waals surface area contributed by atoms with E-state index in [2.05, 4.69) is 5.32 Å². The first-order chi connectivity index (χ1) is 7.85. The first kappa shape index (κ1) is 17.1. The maximum atomic E-state index is 12.5. The number of amides is 1. The number of carbonyl (C=O) groups excluding carboxylic acids is 1. The Hall–Kier alpha value is -0.940. The second-order valence-electron chi connectivity index (χ2n) is 5.91. The Morgan fingerprint density at radius 1 is 1.11 bits per heavy atom. The molecular weight excluding hydrogens is 247 g/mol. The smallest absolute Gasteiger partial charge is 0.407 e. The van der Waals surface area contributed by atoms with Gasteiger partial charge in [0.05, 0.1) is 5.41 Å². The van der Waals surface area contributed by atoms with Crippen LogP contribution in [0.4, 0.5) is 18.0 Å². The molecule has 108 valence electrons. The van der Waals surface area contributed by atoms with Crippen molar-refractivity contribution in [3.63, 3.8) is 0 Å². The van der Waals surface area contributed by atoms with Gasteiger partial charge in [-0.1, -0.05) is 13.8 Å². The van der Waals surface area contributed by atoms with Crippen molar-refractivity contribution in [2.24, 2.45) is 5.41 Å². The predicted octanol–water partition coefficient (Wildman–Crippen LogP) is 3.88. The zero-order valence-electron chi connectivity index (χ0n) is 11.6. The summed E-state index contributed by atoms with van der Waals surface area (Å²) in [6, 6.07) is 0. The third-order valence-corrected chi connectivity index (χ3v) is 2.41. The van der Waals surface area contributed by atoms with Gasteiger partial charge in [-0.25, -0.2) is 4.79 Å². The van der Waals surface area contributed by atoms with Crippen LogP contribution in [-0.4, -0.2) is 24.4 Å². The van der Waals surface area contributed by atoms with Crippen LogP contribution in [-0.2, 0) is 4.74 Å². The standard InChI is InChI=1S/C12H22F3NO2/c1-10(2,3)18-9(17)16-8-6-7-11(4,5)12(13,14)15/h6-8H2,1-5H3,(H,16,17). The fourth-order valence-electron chi connectivity index (χ4n) is 1.18. The number of ether oxygens (including phenoxy) is 1. The van der Waals surface area contributed by atoms with Crippen LogP contribution < -0.4 is 5.32 Å². The molecule has 3 nitrogen and oxygen atoms in total. The molecule has 0 rings (SSSR count). The van der Waals surface area contributed by atoms with E-state index in [1.54, 1.807) is 20.8 Å². The van der Waals surface area contributed by atoms with E-state index in [0.717, 1.165) is 13.8 Å². The molecule has 1 N–H and O–H groups in total. The molecule has 0 aliphatic carbocycles. The van der Waals surface area contributed by atoms with E-state index >= 15 is 0 Å². The highest BCUT2D eigenvalue weighted by Crippen LogP contribution is 2.40. The van der Waals surface area contributed by atoms with Gasteiger partial charge < -0.3 is 10.1 Å². The molecule has 6 heteroatoms. The Balaban J connectivity index is 3.92. The van der Waals surface area contributed by atoms with Crippen molar-refractivity contribution < 1.29 is 22.7 Å². The van der Waals surface area contributed by atoms with Gasteiger partial charge in [-0.05, 0) is 33.6 Å². The summed E-state index contributed by atoms with van der Waals surface area (Å²) in [5, 5.41) is 2.43. The van der Waals surface area contributed by atoms with Crippen molar-refractivity contribution in [3.8, 4) is 0 Å². The van der Waals surface area contributed by atoms with Crippen LogP contribution >= 0.6 is 0 Å². The van der Waals surface area contributed by atoms with Gasteiger partial charge in [0.1, 0.15) is 5.60 Å². The summed E-state index contributed by atoms with van der Waals surface area (Å²) in [6.45, 7) is 7.65. The molecule has 0 saturated carbocycles. The molecule has 0 aromatic rings. The van der Waals surface area contributed by atoms with E-state index in [-0.39, 0.29) is 19.4 Å². The number of nitrogens with one attached hydrogen (secondary N) is 1. The molecule has 0 saturated heterocycles. The van der Waals surface area contributed by atoms with Gasteiger partial charge in [-0.2, -0.15) is 13.2 Å². The van der Waals surface area contributed by atoms with Crippen LogP contribution in [0.15, 0.2) is 0 Å². The number of hydrogen-bond donors (Lipinski definition) is 1. The van der Waals surface area contributed by atoms with Gasteiger partial charge >= 0.3 is 12.3 Å². The average Bonchev–Trinajstić information content (AvgIpc) is 2.07. The molecule has 1 amide bonds. The van der Waals surface area contributed by atoms with Crippen LogP contribution in [0, 0.1) is 5.41 Å². The molecule has 0 aliphatic rings. The highest BCUT2D eigenvalue weighted by Gasteiger charge is 2.46. The lowest BCUT2D eigenvalue weighted by atomic mass is 9.87. The van der Waals surface area contributed by atoms with Crippen molar-refractivity contribution in [2.75, 3.05) is 6.54 Å². The van der Waals surface area contributed by atoms with Crippen LogP contribution in [0.2, 0.25) is 0 Å². The lowest BCUT2D eigenvalue weighted by Crippen LogP contribution is -2.35. The molecule has 0 fully saturated rings. The summed E-state index contributed by atoms with van der Waals surface area (Å²) in [5.74, 6) is 0. The first-order valence-corrected chi connectivity index (χ1v) is 5.89. The number of alkyl carbamates (subject to hydrolysis) is 1. The van der Waals surface area contributed by atoms with Gasteiger partial charge in [0, 0.05) is 6.54 Å². The Kier molecular flexibility index (Phi) is 5.50. The molecule has 0 atom stereocenters. The minimum absolute atomic E-state index is 0.0354. The molecule has 0 spiro atoms. The summed E-state index contributed by atoms with van der Waals surface area (Å²) < 4.78 is 42.6. The maximum Gasteiger partial charge on any atom is 0.407 e. The second-order valence-corrected chi connectivity index (χ2v) is 5.91. The van der Waals surface area contributed by atoms with Crippen molar-refractivity contribution >= 4 is 6.09 Å². The normalized spacial score (nSPS) is 13.3. The lowest BCUT2D eigenvalue weighted by Gasteiger charge is -2.27. The van der Waals surface area contributed by atoms with Crippen molar-refractivity contribution in [1.82, 2.24) is 5.32 Å². The summed E-state index contributed by atoms with van der Waals surface area (Å²) in [4.78, 5) is 11.2. The zero-order valence-corrected chi connectivity index (χ0v) is 11.6. The minimum atomic E-state index is -4.22. The van der Waals surface area contributed by atoms with Gasteiger partial charge in [-0.3, -0.25) is 0 Å². The Labute approximate surface area is 106 Å². The SMILES string of the molecule is CC(C)(C)OC(=O)NCCCC(C)(C)C(F)(F)F. The molecule has 18 heavy (non-hydrogen) atoms. The molecule has 0 aromatic carbocycles. The lowest BCUT2D eigenvalue weighted by molar-refractivity contribution is -0.213. The maximum absolute atomic E-state index is 12.5. The largest absolute Gasteiger partial charge is 0.444 e. The molecule has 0 unspecified atom stereocenters. The predicted molar refractivity (Wildman–Crippen MR) is 63.3 cm³/mol. The van der Waals surface area contributed by atoms with Crippen LogP contribution in [0.3, 0.4) is 0 Å². The van der Waals surface area contributed by atoms with Gasteiger partial charge in [-0.15, -0.1) is 0 Å². The molecule has 0 heterocycles. The highest BCUT2D eigenvalue weighted by molar-refractivity contribution is 5.67. The van der Waals surface area contributed by atoms with Crippen LogP contribution in [0.25, 0.3) is 0 Å². The number of rotatable bonds is 4. The third kappa shape index (κ3) is 6.71. The number of carbonyl (C=O) groups is 1. The Morgan fingerprint density at radius 3 is 2.00 bits per heavy atom. The molecule has 0 radical (unpaired) electrons. The van der Waals surface area contributed by atoms with Crippen molar-refractivity contribution in [2.45, 2.75) is 59.2 Å². The molecular formula is C12H22F3NO2. The molecule has 0 aliphatic heterocycles. The van der Waals surface area contributed by atoms with Crippen molar-refractivity contribution in [1.29, 1.82) is 0 Å². The summed E-state index contributed by atoms with van der Waals surface area (Å²) >= 11 is 0. The molecule has 0 aromatic heterocycles. The van der Waals surface area contributed by atoms with E-state index in [4.69, 9.17) is 4.74 Å². The third-order valence-electron chi connectivity index (χ3n) is 2.41. The van der Waals surface area contributed by atoms with Gasteiger partial charge in [0.2, 0.25) is 0 Å². The zero-order chi connectivity index (χ0) is 14.6. The van der Waals surface area contributed by atoms with Gasteiger partial charge in [0.15, 0.2) is 0 Å². The first-order valence-electron chi connectivity index (χ1n) is 5.89. The second kappa shape index (κ2) is 5.80. The number of alkyl halides is 3. The van der Waals surface area contributed by atoms with E-state index in [1.807, 2.05) is 0 Å². The monoisotopic (exact) mass is 269 g/mol. The summed E-state index contributed by atoms with van der Waals surface area (Å²) in [6.07, 6.45) is -4.61. The summed E-state index contributed by atoms with van der Waals surface area (Å²) in [5.41, 5.74) is -2.34. The van der Waals surface area contributed by atoms with Crippen LogP contribution in [0.5, 0.6) is 0 Å². The molecule has 0 bridgehead atoms. The van der Waals surface area contributed by atoms with Gasteiger partial charge in [0.25, 0.3) is 0 Å².